The maximum absolute atomic E-state index is 13.5. The fraction of sp³-hybridized carbons (Fsp3) is 0.854. The van der Waals surface area contributed by atoms with E-state index in [-0.39, 0.29) is 25.3 Å². The van der Waals surface area contributed by atoms with Crippen LogP contribution in [-0.2, 0) is 23.9 Å². The standard InChI is InChI=1S/C48H91N5O5/c1-3-5-7-9-11-13-15-17-19-21-23-25-27-29-31-37-45(54)57-48(53-47(56)44(52-43-35-40-50)36-33-41-51-42-34-39-49)58-46(55)38-32-30-28-26-24-22-20-18-16-14-12-10-8-6-4-2/h17-20,44,48-52H,3-16,21-43H2,1-2H3,(H,53,56)/q-2/p+2/b19-17+,20-18+. The maximum Gasteiger partial charge on any atom is 0.331 e. The van der Waals surface area contributed by atoms with Gasteiger partial charge in [0.05, 0.1) is 19.6 Å². The molecule has 0 aliphatic heterocycles. The SMILES string of the molecule is CCCCCCCC/C=C/CCCCCCCC(=O)OC(NC(=O)C(CCC[NH2+]CCC[NH-])[NH2+]CCC[NH-])OC(=O)CCCCCCC/C=C/CCCCCCCC. The van der Waals surface area contributed by atoms with Crippen molar-refractivity contribution in [1.29, 1.82) is 0 Å². The van der Waals surface area contributed by atoms with Gasteiger partial charge in [0.2, 0.25) is 0 Å². The zero-order valence-corrected chi connectivity index (χ0v) is 37.8. The summed E-state index contributed by atoms with van der Waals surface area (Å²) in [5.74, 6) is -1.28. The lowest BCUT2D eigenvalue weighted by Crippen LogP contribution is -2.93. The second-order valence-corrected chi connectivity index (χ2v) is 16.3. The predicted molar refractivity (Wildman–Crippen MR) is 242 cm³/mol. The molecule has 0 rings (SSSR count). The van der Waals surface area contributed by atoms with E-state index in [1.54, 1.807) is 0 Å². The molecule has 0 fully saturated rings. The van der Waals surface area contributed by atoms with Crippen molar-refractivity contribution in [2.45, 2.75) is 232 Å². The first-order chi connectivity index (χ1) is 28.5. The van der Waals surface area contributed by atoms with Crippen molar-refractivity contribution < 1.29 is 34.5 Å². The molecule has 0 saturated heterocycles. The van der Waals surface area contributed by atoms with Gasteiger partial charge in [-0.05, 0) is 77.0 Å². The molecule has 7 N–H and O–H groups in total. The number of ether oxygens (including phenoxy) is 2. The topological polar surface area (TPSA) is 163 Å². The van der Waals surface area contributed by atoms with Crippen LogP contribution in [0.3, 0.4) is 0 Å². The van der Waals surface area contributed by atoms with Gasteiger partial charge >= 0.3 is 18.4 Å². The molecule has 0 aromatic carbocycles. The molecule has 0 aliphatic rings. The molecular weight excluding hydrogens is 727 g/mol. The van der Waals surface area contributed by atoms with Gasteiger partial charge in [-0.15, -0.1) is 13.1 Å². The van der Waals surface area contributed by atoms with Gasteiger partial charge in [-0.3, -0.25) is 19.7 Å². The van der Waals surface area contributed by atoms with E-state index in [1.165, 1.54) is 89.9 Å². The highest BCUT2D eigenvalue weighted by molar-refractivity contribution is 5.81. The summed E-state index contributed by atoms with van der Waals surface area (Å²) < 4.78 is 11.2. The monoisotopic (exact) mass is 820 g/mol. The average Bonchev–Trinajstić information content (AvgIpc) is 3.21. The molecule has 0 spiro atoms. The van der Waals surface area contributed by atoms with Crippen LogP contribution in [0.4, 0.5) is 0 Å². The van der Waals surface area contributed by atoms with Gasteiger partial charge in [0, 0.05) is 25.7 Å². The van der Waals surface area contributed by atoms with E-state index < -0.39 is 24.4 Å². The number of hydrogen-bond acceptors (Lipinski definition) is 5. The Morgan fingerprint density at radius 3 is 1.31 bits per heavy atom. The van der Waals surface area contributed by atoms with Gasteiger partial charge in [-0.25, -0.2) is 0 Å². The lowest BCUT2D eigenvalue weighted by molar-refractivity contribution is -0.681. The van der Waals surface area contributed by atoms with Crippen molar-refractivity contribution in [1.82, 2.24) is 5.32 Å². The van der Waals surface area contributed by atoms with Gasteiger partial charge in [-0.2, -0.15) is 0 Å². The lowest BCUT2D eigenvalue weighted by atomic mass is 10.1. The summed E-state index contributed by atoms with van der Waals surface area (Å²) in [6.45, 7) is 7.60. The Morgan fingerprint density at radius 2 is 0.879 bits per heavy atom. The van der Waals surface area contributed by atoms with Gasteiger partial charge in [0.1, 0.15) is 0 Å². The molecule has 1 unspecified atom stereocenters. The number of hydrogen-bond donors (Lipinski definition) is 3. The Morgan fingerprint density at radius 1 is 0.500 bits per heavy atom. The number of quaternary nitrogens is 2. The number of unbranched alkanes of at least 4 members (excludes halogenated alkanes) is 22. The molecule has 0 aromatic rings. The molecule has 0 radical (unpaired) electrons. The third-order valence-electron chi connectivity index (χ3n) is 10.7. The van der Waals surface area contributed by atoms with E-state index in [0.29, 0.717) is 38.8 Å². The van der Waals surface area contributed by atoms with Gasteiger partial charge in [0.25, 0.3) is 5.91 Å². The average molecular weight is 820 g/mol. The highest BCUT2D eigenvalue weighted by atomic mass is 16.7. The molecule has 0 heterocycles. The Bertz CT molecular complexity index is 924. The zero-order chi connectivity index (χ0) is 42.4. The summed E-state index contributed by atoms with van der Waals surface area (Å²) in [7, 11) is 0. The van der Waals surface area contributed by atoms with Crippen LogP contribution in [0.15, 0.2) is 24.3 Å². The largest absolute Gasteiger partial charge is 0.677 e. The van der Waals surface area contributed by atoms with Gasteiger partial charge < -0.3 is 31.6 Å². The summed E-state index contributed by atoms with van der Waals surface area (Å²) in [5, 5.41) is 6.83. The van der Waals surface area contributed by atoms with Crippen molar-refractivity contribution in [2.24, 2.45) is 0 Å². The molecule has 58 heavy (non-hydrogen) atoms. The van der Waals surface area contributed by atoms with E-state index in [0.717, 1.165) is 90.1 Å². The summed E-state index contributed by atoms with van der Waals surface area (Å²) in [4.78, 5) is 39.3. The highest BCUT2D eigenvalue weighted by Gasteiger charge is 2.28. The number of allylic oxidation sites excluding steroid dienone is 4. The van der Waals surface area contributed by atoms with Crippen LogP contribution < -0.4 is 16.0 Å². The number of rotatable bonds is 45. The number of carbonyl (C=O) groups is 3. The predicted octanol–water partition coefficient (Wildman–Crippen LogP) is 10.7. The molecule has 10 nitrogen and oxygen atoms in total. The first-order valence-corrected chi connectivity index (χ1v) is 24.4. The smallest absolute Gasteiger partial charge is 0.331 e. The fourth-order valence-electron chi connectivity index (χ4n) is 6.99. The highest BCUT2D eigenvalue weighted by Crippen LogP contribution is 2.13. The van der Waals surface area contributed by atoms with Crippen LogP contribution in [0, 0.1) is 0 Å². The van der Waals surface area contributed by atoms with Crippen LogP contribution in [0.2, 0.25) is 0 Å². The third-order valence-corrected chi connectivity index (χ3v) is 10.7. The minimum atomic E-state index is -1.45. The van der Waals surface area contributed by atoms with Crippen molar-refractivity contribution in [3.8, 4) is 0 Å². The minimum Gasteiger partial charge on any atom is -0.677 e. The first-order valence-electron chi connectivity index (χ1n) is 24.4. The normalized spacial score (nSPS) is 12.2. The van der Waals surface area contributed by atoms with Crippen LogP contribution in [-0.4, -0.2) is 63.0 Å². The van der Waals surface area contributed by atoms with Gasteiger partial charge in [-0.1, -0.05) is 141 Å². The van der Waals surface area contributed by atoms with Gasteiger partial charge in [0.15, 0.2) is 6.04 Å². The number of esters is 2. The van der Waals surface area contributed by atoms with Crippen molar-refractivity contribution in [3.05, 3.63) is 35.8 Å². The summed E-state index contributed by atoms with van der Waals surface area (Å²) in [6, 6.07) is -0.438. The van der Waals surface area contributed by atoms with Crippen LogP contribution in [0.1, 0.15) is 219 Å². The van der Waals surface area contributed by atoms with Crippen molar-refractivity contribution >= 4 is 17.8 Å². The Kier molecular flexibility index (Phi) is 44.0. The number of nitrogens with two attached hydrogens (primary N) is 2. The van der Waals surface area contributed by atoms with E-state index in [4.69, 9.17) is 20.9 Å². The molecule has 0 bridgehead atoms. The van der Waals surface area contributed by atoms with E-state index in [9.17, 15) is 14.4 Å². The molecule has 1 atom stereocenters. The minimum absolute atomic E-state index is 0.212. The molecule has 340 valence electrons. The molecule has 1 amide bonds. The fourth-order valence-corrected chi connectivity index (χ4v) is 6.99. The summed E-state index contributed by atoms with van der Waals surface area (Å²) in [5.41, 5.74) is 14.8. The molecule has 10 heteroatoms. The lowest BCUT2D eigenvalue weighted by Gasteiger charge is -2.22. The van der Waals surface area contributed by atoms with E-state index in [2.05, 4.69) is 48.8 Å². The van der Waals surface area contributed by atoms with E-state index >= 15 is 0 Å². The van der Waals surface area contributed by atoms with Crippen LogP contribution in [0.25, 0.3) is 11.5 Å². The van der Waals surface area contributed by atoms with Crippen LogP contribution in [0.5, 0.6) is 0 Å². The number of nitrogens with one attached hydrogen (secondary N) is 3. The summed E-state index contributed by atoms with van der Waals surface area (Å²) >= 11 is 0. The van der Waals surface area contributed by atoms with Crippen molar-refractivity contribution in [3.63, 3.8) is 0 Å². The molecular formula is C48H93N5O5. The third kappa shape index (κ3) is 40.5. The van der Waals surface area contributed by atoms with Crippen molar-refractivity contribution in [2.75, 3.05) is 32.7 Å². The summed E-state index contributed by atoms with van der Waals surface area (Å²) in [6.07, 6.45) is 41.6. The maximum atomic E-state index is 13.5. The second kappa shape index (κ2) is 45.8. The Hall–Kier alpha value is -2.27. The first kappa shape index (κ1) is 55.7. The zero-order valence-electron chi connectivity index (χ0n) is 37.8. The Balaban J connectivity index is 4.76. The Labute approximate surface area is 357 Å². The second-order valence-electron chi connectivity index (χ2n) is 16.3. The molecule has 0 saturated carbocycles. The quantitative estimate of drug-likeness (QED) is 0.0241. The molecule has 0 aromatic heterocycles. The van der Waals surface area contributed by atoms with Crippen LogP contribution >= 0.6 is 0 Å². The van der Waals surface area contributed by atoms with E-state index in [1.807, 2.05) is 5.32 Å². The number of carbonyl (C=O) groups excluding carboxylic acids is 3. The molecule has 0 aliphatic carbocycles. The number of amides is 1.